The second-order valence-corrected chi connectivity index (χ2v) is 3.28. The van der Waals surface area contributed by atoms with Gasteiger partial charge in [-0.3, -0.25) is 0 Å². The molecule has 0 saturated carbocycles. The molecule has 0 bridgehead atoms. The van der Waals surface area contributed by atoms with Gasteiger partial charge in [-0.1, -0.05) is 13.3 Å². The molecular weight excluding hydrogens is 186 g/mol. The van der Waals surface area contributed by atoms with Crippen LogP contribution in [0.1, 0.15) is 38.3 Å². The van der Waals surface area contributed by atoms with Gasteiger partial charge in [0.1, 0.15) is 11.6 Å². The van der Waals surface area contributed by atoms with E-state index in [0.717, 1.165) is 24.6 Å². The zero-order valence-corrected chi connectivity index (χ0v) is 9.01. The van der Waals surface area contributed by atoms with Crippen molar-refractivity contribution in [1.82, 2.24) is 14.8 Å². The van der Waals surface area contributed by atoms with E-state index in [9.17, 15) is 0 Å². The Kier molecular flexibility index (Phi) is 4.22. The van der Waals surface area contributed by atoms with E-state index in [4.69, 9.17) is 11.6 Å². The molecule has 74 valence electrons. The minimum absolute atomic E-state index is 0.451. The zero-order chi connectivity index (χ0) is 9.68. The first kappa shape index (κ1) is 10.5. The average Bonchev–Trinajstić information content (AvgIpc) is 2.56. The first-order chi connectivity index (χ1) is 6.33. The van der Waals surface area contributed by atoms with Crippen LogP contribution in [-0.2, 0) is 18.8 Å². The Balaban J connectivity index is 2.75. The van der Waals surface area contributed by atoms with Crippen LogP contribution in [0.25, 0.3) is 0 Å². The Morgan fingerprint density at radius 2 is 1.92 bits per heavy atom. The summed E-state index contributed by atoms with van der Waals surface area (Å²) in [6.07, 6.45) is 3.36. The molecule has 0 atom stereocenters. The predicted octanol–water partition coefficient (Wildman–Crippen LogP) is 2.38. The highest BCUT2D eigenvalue weighted by Gasteiger charge is 2.08. The Morgan fingerprint density at radius 3 is 2.46 bits per heavy atom. The van der Waals surface area contributed by atoms with Crippen molar-refractivity contribution in [3.63, 3.8) is 0 Å². The molecule has 1 heterocycles. The molecule has 0 aromatic carbocycles. The molecule has 0 aliphatic heterocycles. The highest BCUT2D eigenvalue weighted by molar-refractivity contribution is 6.16. The summed E-state index contributed by atoms with van der Waals surface area (Å²) in [7, 11) is 0. The van der Waals surface area contributed by atoms with E-state index in [1.165, 1.54) is 12.8 Å². The monoisotopic (exact) mass is 201 g/mol. The summed E-state index contributed by atoms with van der Waals surface area (Å²) >= 11 is 5.73. The predicted molar refractivity (Wildman–Crippen MR) is 53.9 cm³/mol. The second kappa shape index (κ2) is 5.22. The molecule has 0 aliphatic rings. The van der Waals surface area contributed by atoms with E-state index in [0.29, 0.717) is 5.88 Å². The van der Waals surface area contributed by atoms with Gasteiger partial charge >= 0.3 is 0 Å². The summed E-state index contributed by atoms with van der Waals surface area (Å²) < 4.78 is 2.10. The number of alkyl halides is 1. The third kappa shape index (κ3) is 2.44. The van der Waals surface area contributed by atoms with E-state index < -0.39 is 0 Å². The van der Waals surface area contributed by atoms with Crippen molar-refractivity contribution in [2.24, 2.45) is 0 Å². The average molecular weight is 202 g/mol. The summed E-state index contributed by atoms with van der Waals surface area (Å²) in [4.78, 5) is 0. The van der Waals surface area contributed by atoms with Gasteiger partial charge in [-0.15, -0.1) is 21.8 Å². The van der Waals surface area contributed by atoms with Crippen molar-refractivity contribution in [3.05, 3.63) is 11.6 Å². The van der Waals surface area contributed by atoms with Crippen LogP contribution >= 0.6 is 11.6 Å². The number of hydrogen-bond acceptors (Lipinski definition) is 2. The number of nitrogens with zero attached hydrogens (tertiary/aromatic N) is 3. The van der Waals surface area contributed by atoms with Crippen LogP contribution in [0.3, 0.4) is 0 Å². The standard InChI is InChI=1S/C9H16ClN3/c1-3-5-6-8-11-12-9(7-10)13(8)4-2/h3-7H2,1-2H3. The maximum absolute atomic E-state index is 5.73. The molecule has 0 amide bonds. The van der Waals surface area contributed by atoms with E-state index in [2.05, 4.69) is 28.6 Å². The van der Waals surface area contributed by atoms with Gasteiger partial charge in [0.15, 0.2) is 0 Å². The molecule has 0 N–H and O–H groups in total. The normalized spacial score (nSPS) is 10.7. The molecule has 1 rings (SSSR count). The minimum atomic E-state index is 0.451. The molecule has 0 saturated heterocycles. The van der Waals surface area contributed by atoms with Crippen molar-refractivity contribution in [2.75, 3.05) is 0 Å². The molecule has 0 aliphatic carbocycles. The number of hydrogen-bond donors (Lipinski definition) is 0. The smallest absolute Gasteiger partial charge is 0.147 e. The summed E-state index contributed by atoms with van der Waals surface area (Å²) in [5.74, 6) is 2.41. The molecule has 1 aromatic rings. The lowest BCUT2D eigenvalue weighted by molar-refractivity contribution is 0.648. The summed E-state index contributed by atoms with van der Waals surface area (Å²) in [6.45, 7) is 5.18. The van der Waals surface area contributed by atoms with Crippen LogP contribution in [0.2, 0.25) is 0 Å². The van der Waals surface area contributed by atoms with Gasteiger partial charge in [-0.25, -0.2) is 0 Å². The topological polar surface area (TPSA) is 30.7 Å². The van der Waals surface area contributed by atoms with Crippen molar-refractivity contribution < 1.29 is 0 Å². The number of aryl methyl sites for hydroxylation is 1. The molecule has 0 radical (unpaired) electrons. The first-order valence-corrected chi connectivity index (χ1v) is 5.33. The van der Waals surface area contributed by atoms with Crippen molar-refractivity contribution in [2.45, 2.75) is 45.5 Å². The van der Waals surface area contributed by atoms with Crippen LogP contribution in [0.15, 0.2) is 0 Å². The Hall–Kier alpha value is -0.570. The molecular formula is C9H16ClN3. The lowest BCUT2D eigenvalue weighted by Gasteiger charge is -2.04. The van der Waals surface area contributed by atoms with E-state index >= 15 is 0 Å². The molecule has 4 heteroatoms. The molecule has 1 aromatic heterocycles. The summed E-state index contributed by atoms with van der Waals surface area (Å²) in [5.41, 5.74) is 0. The van der Waals surface area contributed by atoms with Gasteiger partial charge in [0.2, 0.25) is 0 Å². The number of aromatic nitrogens is 3. The molecule has 3 nitrogen and oxygen atoms in total. The molecule has 0 fully saturated rings. The van der Waals surface area contributed by atoms with Gasteiger partial charge < -0.3 is 4.57 Å². The van der Waals surface area contributed by atoms with Crippen LogP contribution in [0.4, 0.5) is 0 Å². The summed E-state index contributed by atoms with van der Waals surface area (Å²) in [5, 5.41) is 8.16. The fraction of sp³-hybridized carbons (Fsp3) is 0.778. The quantitative estimate of drug-likeness (QED) is 0.685. The first-order valence-electron chi connectivity index (χ1n) is 4.80. The maximum Gasteiger partial charge on any atom is 0.147 e. The second-order valence-electron chi connectivity index (χ2n) is 3.01. The SMILES string of the molecule is CCCCc1nnc(CCl)n1CC. The number of rotatable bonds is 5. The highest BCUT2D eigenvalue weighted by atomic mass is 35.5. The fourth-order valence-electron chi connectivity index (χ4n) is 1.36. The number of halogens is 1. The van der Waals surface area contributed by atoms with Gasteiger partial charge in [0.05, 0.1) is 5.88 Å². The Morgan fingerprint density at radius 1 is 1.23 bits per heavy atom. The maximum atomic E-state index is 5.73. The van der Waals surface area contributed by atoms with Crippen molar-refractivity contribution in [3.8, 4) is 0 Å². The van der Waals surface area contributed by atoms with Gasteiger partial charge in [-0.05, 0) is 13.3 Å². The summed E-state index contributed by atoms with van der Waals surface area (Å²) in [6, 6.07) is 0. The van der Waals surface area contributed by atoms with Crippen molar-refractivity contribution in [1.29, 1.82) is 0 Å². The van der Waals surface area contributed by atoms with Gasteiger partial charge in [-0.2, -0.15) is 0 Å². The van der Waals surface area contributed by atoms with Gasteiger partial charge in [0.25, 0.3) is 0 Å². The fourth-order valence-corrected chi connectivity index (χ4v) is 1.55. The van der Waals surface area contributed by atoms with Gasteiger partial charge in [0, 0.05) is 13.0 Å². The van der Waals surface area contributed by atoms with Crippen LogP contribution in [0, 0.1) is 0 Å². The van der Waals surface area contributed by atoms with Crippen LogP contribution in [-0.4, -0.2) is 14.8 Å². The van der Waals surface area contributed by atoms with E-state index in [1.807, 2.05) is 0 Å². The van der Waals surface area contributed by atoms with Crippen LogP contribution in [0.5, 0.6) is 0 Å². The molecule has 0 spiro atoms. The van der Waals surface area contributed by atoms with Crippen LogP contribution < -0.4 is 0 Å². The number of unbranched alkanes of at least 4 members (excludes halogenated alkanes) is 1. The Bertz CT molecular complexity index is 257. The highest BCUT2D eigenvalue weighted by Crippen LogP contribution is 2.07. The molecule has 0 unspecified atom stereocenters. The van der Waals surface area contributed by atoms with Crippen molar-refractivity contribution >= 4 is 11.6 Å². The van der Waals surface area contributed by atoms with E-state index in [1.54, 1.807) is 0 Å². The molecule has 13 heavy (non-hydrogen) atoms. The Labute approximate surface area is 84.1 Å². The largest absolute Gasteiger partial charge is 0.314 e. The zero-order valence-electron chi connectivity index (χ0n) is 8.26. The van der Waals surface area contributed by atoms with E-state index in [-0.39, 0.29) is 0 Å². The third-order valence-corrected chi connectivity index (χ3v) is 2.33. The third-order valence-electron chi connectivity index (χ3n) is 2.09. The lowest BCUT2D eigenvalue weighted by Crippen LogP contribution is -2.04. The minimum Gasteiger partial charge on any atom is -0.314 e. The lowest BCUT2D eigenvalue weighted by atomic mass is 10.2.